The highest BCUT2D eigenvalue weighted by molar-refractivity contribution is 5.95. The summed E-state index contributed by atoms with van der Waals surface area (Å²) in [4.78, 5) is 25.3. The number of carbonyl (C=O) groups is 1. The van der Waals surface area contributed by atoms with Crippen LogP contribution in [-0.4, -0.2) is 43.6 Å². The Morgan fingerprint density at radius 2 is 2.20 bits per heavy atom. The molecule has 1 aliphatic rings. The van der Waals surface area contributed by atoms with Crippen LogP contribution in [0.5, 0.6) is 0 Å². The Morgan fingerprint density at radius 3 is 2.80 bits per heavy atom. The Hall–Kier alpha value is -1.86. The van der Waals surface area contributed by atoms with Gasteiger partial charge in [-0.25, -0.2) is 0 Å². The Balaban J connectivity index is 0.00000312. The van der Waals surface area contributed by atoms with Gasteiger partial charge < -0.3 is 15.5 Å². The lowest BCUT2D eigenvalue weighted by molar-refractivity contribution is -0.384. The molecule has 1 fully saturated rings. The number of benzene rings is 1. The fourth-order valence-corrected chi connectivity index (χ4v) is 2.94. The SMILES string of the molecule is CNC(C)CNC(=O)c1ccc(N2CCCC(C)C2)c([N+](=O)[O-])c1.Cl. The van der Waals surface area contributed by atoms with Gasteiger partial charge in [0.2, 0.25) is 0 Å². The van der Waals surface area contributed by atoms with Crippen molar-refractivity contribution in [2.45, 2.75) is 32.7 Å². The van der Waals surface area contributed by atoms with E-state index in [1.165, 1.54) is 6.07 Å². The predicted octanol–water partition coefficient (Wildman–Crippen LogP) is 2.59. The van der Waals surface area contributed by atoms with Gasteiger partial charge in [0.1, 0.15) is 5.69 Å². The zero-order chi connectivity index (χ0) is 17.7. The van der Waals surface area contributed by atoms with Crippen LogP contribution >= 0.6 is 12.4 Å². The van der Waals surface area contributed by atoms with E-state index in [2.05, 4.69) is 22.5 Å². The molecule has 7 nitrogen and oxygen atoms in total. The molecule has 0 spiro atoms. The first-order valence-corrected chi connectivity index (χ1v) is 8.41. The first kappa shape index (κ1) is 21.2. The van der Waals surface area contributed by atoms with Gasteiger partial charge in [-0.15, -0.1) is 12.4 Å². The molecular weight excluding hydrogens is 344 g/mol. The van der Waals surface area contributed by atoms with Gasteiger partial charge >= 0.3 is 0 Å². The van der Waals surface area contributed by atoms with E-state index in [1.807, 2.05) is 14.0 Å². The maximum Gasteiger partial charge on any atom is 0.293 e. The Labute approximate surface area is 154 Å². The summed E-state index contributed by atoms with van der Waals surface area (Å²) in [6.07, 6.45) is 2.18. The number of hydrogen-bond acceptors (Lipinski definition) is 5. The number of nitro groups is 1. The molecule has 0 aromatic heterocycles. The van der Waals surface area contributed by atoms with E-state index in [4.69, 9.17) is 0 Å². The smallest absolute Gasteiger partial charge is 0.293 e. The highest BCUT2D eigenvalue weighted by Crippen LogP contribution is 2.32. The van der Waals surface area contributed by atoms with Crippen LogP contribution < -0.4 is 15.5 Å². The van der Waals surface area contributed by atoms with E-state index in [9.17, 15) is 14.9 Å². The molecule has 140 valence electrons. The number of halogens is 1. The van der Waals surface area contributed by atoms with Crippen LogP contribution in [0.4, 0.5) is 11.4 Å². The highest BCUT2D eigenvalue weighted by Gasteiger charge is 2.25. The maximum absolute atomic E-state index is 12.2. The molecule has 2 N–H and O–H groups in total. The molecule has 0 saturated carbocycles. The summed E-state index contributed by atoms with van der Waals surface area (Å²) in [5.74, 6) is 0.225. The average molecular weight is 371 g/mol. The summed E-state index contributed by atoms with van der Waals surface area (Å²) in [6.45, 7) is 6.20. The second-order valence-corrected chi connectivity index (χ2v) is 6.55. The van der Waals surface area contributed by atoms with E-state index < -0.39 is 4.92 Å². The minimum absolute atomic E-state index is 0. The zero-order valence-corrected chi connectivity index (χ0v) is 15.8. The summed E-state index contributed by atoms with van der Waals surface area (Å²) in [7, 11) is 1.82. The molecule has 25 heavy (non-hydrogen) atoms. The van der Waals surface area contributed by atoms with Crippen molar-refractivity contribution < 1.29 is 9.72 Å². The van der Waals surface area contributed by atoms with Crippen LogP contribution in [0.25, 0.3) is 0 Å². The number of amides is 1. The van der Waals surface area contributed by atoms with Crippen LogP contribution in [0.1, 0.15) is 37.0 Å². The lowest BCUT2D eigenvalue weighted by atomic mass is 9.99. The Morgan fingerprint density at radius 1 is 1.48 bits per heavy atom. The molecule has 1 saturated heterocycles. The van der Waals surface area contributed by atoms with Crippen LogP contribution in [0.2, 0.25) is 0 Å². The monoisotopic (exact) mass is 370 g/mol. The molecule has 1 heterocycles. The number of hydrogen-bond donors (Lipinski definition) is 2. The molecule has 1 aromatic rings. The molecule has 2 rings (SSSR count). The Bertz CT molecular complexity index is 612. The first-order valence-electron chi connectivity index (χ1n) is 8.41. The van der Waals surface area contributed by atoms with Crippen molar-refractivity contribution in [2.24, 2.45) is 5.92 Å². The number of carbonyl (C=O) groups excluding carboxylic acids is 1. The molecule has 1 aliphatic heterocycles. The standard InChI is InChI=1S/C17H26N4O3.ClH/c1-12-5-4-8-20(11-12)15-7-6-14(9-16(15)21(23)24)17(22)19-10-13(2)18-3;/h6-7,9,12-13,18H,4-5,8,10-11H2,1-3H3,(H,19,22);1H. The van der Waals surface area contributed by atoms with Gasteiger partial charge in [-0.2, -0.15) is 0 Å². The van der Waals surface area contributed by atoms with Gasteiger partial charge in [0, 0.05) is 37.3 Å². The quantitative estimate of drug-likeness (QED) is 0.593. The third-order valence-corrected chi connectivity index (χ3v) is 4.49. The third-order valence-electron chi connectivity index (χ3n) is 4.49. The summed E-state index contributed by atoms with van der Waals surface area (Å²) >= 11 is 0. The lowest BCUT2D eigenvalue weighted by Crippen LogP contribution is -2.37. The van der Waals surface area contributed by atoms with E-state index in [0.29, 0.717) is 23.7 Å². The first-order chi connectivity index (χ1) is 11.4. The third kappa shape index (κ3) is 5.57. The van der Waals surface area contributed by atoms with Crippen molar-refractivity contribution in [3.8, 4) is 0 Å². The van der Waals surface area contributed by atoms with Crippen LogP contribution in [0.3, 0.4) is 0 Å². The molecule has 0 bridgehead atoms. The second-order valence-electron chi connectivity index (χ2n) is 6.55. The van der Waals surface area contributed by atoms with Crippen molar-refractivity contribution in [3.63, 3.8) is 0 Å². The molecule has 1 aromatic carbocycles. The summed E-state index contributed by atoms with van der Waals surface area (Å²) in [5.41, 5.74) is 0.920. The van der Waals surface area contributed by atoms with Crippen molar-refractivity contribution >= 4 is 29.7 Å². The number of likely N-dealkylation sites (N-methyl/N-ethyl adjacent to an activating group) is 1. The molecule has 8 heteroatoms. The van der Waals surface area contributed by atoms with Gasteiger partial charge in [-0.3, -0.25) is 14.9 Å². The number of nitrogens with one attached hydrogen (secondary N) is 2. The molecule has 2 atom stereocenters. The van der Waals surface area contributed by atoms with Gasteiger partial charge in [0.05, 0.1) is 4.92 Å². The Kier molecular flexibility index (Phi) is 8.12. The van der Waals surface area contributed by atoms with Crippen molar-refractivity contribution in [2.75, 3.05) is 31.6 Å². The normalized spacial score (nSPS) is 18.2. The van der Waals surface area contributed by atoms with Crippen LogP contribution in [0.15, 0.2) is 18.2 Å². The molecule has 2 unspecified atom stereocenters. The minimum atomic E-state index is -0.401. The van der Waals surface area contributed by atoms with Crippen LogP contribution in [0, 0.1) is 16.0 Å². The van der Waals surface area contributed by atoms with Crippen molar-refractivity contribution in [3.05, 3.63) is 33.9 Å². The van der Waals surface area contributed by atoms with Crippen molar-refractivity contribution in [1.29, 1.82) is 0 Å². The van der Waals surface area contributed by atoms with Gasteiger partial charge in [0.15, 0.2) is 0 Å². The van der Waals surface area contributed by atoms with Crippen LogP contribution in [-0.2, 0) is 0 Å². The van der Waals surface area contributed by atoms with E-state index in [-0.39, 0.29) is 30.0 Å². The minimum Gasteiger partial charge on any atom is -0.366 e. The number of anilines is 1. The van der Waals surface area contributed by atoms with E-state index >= 15 is 0 Å². The maximum atomic E-state index is 12.2. The van der Waals surface area contributed by atoms with E-state index in [0.717, 1.165) is 25.9 Å². The van der Waals surface area contributed by atoms with Gasteiger partial charge in [0.25, 0.3) is 11.6 Å². The topological polar surface area (TPSA) is 87.5 Å². The number of rotatable bonds is 6. The summed E-state index contributed by atoms with van der Waals surface area (Å²) < 4.78 is 0. The molecule has 0 aliphatic carbocycles. The van der Waals surface area contributed by atoms with E-state index in [1.54, 1.807) is 12.1 Å². The van der Waals surface area contributed by atoms with Gasteiger partial charge in [-0.1, -0.05) is 6.92 Å². The number of nitro benzene ring substituents is 1. The highest BCUT2D eigenvalue weighted by atomic mass is 35.5. The average Bonchev–Trinajstić information content (AvgIpc) is 2.58. The predicted molar refractivity (Wildman–Crippen MR) is 102 cm³/mol. The van der Waals surface area contributed by atoms with Crippen molar-refractivity contribution in [1.82, 2.24) is 10.6 Å². The molecule has 1 amide bonds. The number of nitrogens with zero attached hydrogens (tertiary/aromatic N) is 2. The summed E-state index contributed by atoms with van der Waals surface area (Å²) in [5, 5.41) is 17.3. The lowest BCUT2D eigenvalue weighted by Gasteiger charge is -2.32. The largest absolute Gasteiger partial charge is 0.366 e. The fourth-order valence-electron chi connectivity index (χ4n) is 2.94. The molecular formula is C17H27ClN4O3. The fraction of sp³-hybridized carbons (Fsp3) is 0.588. The van der Waals surface area contributed by atoms with Gasteiger partial charge in [-0.05, 0) is 44.9 Å². The summed E-state index contributed by atoms with van der Waals surface area (Å²) in [6, 6.07) is 4.89. The second kappa shape index (κ2) is 9.58. The number of piperidine rings is 1. The zero-order valence-electron chi connectivity index (χ0n) is 14.9. The molecule has 0 radical (unpaired) electrons.